The Balaban J connectivity index is 1.14. The molecule has 0 saturated heterocycles. The number of rotatable bonds is 9. The standard InChI is InChI=1S/C30H15F9N6O3/c31-28(32,33)25(40-41-25)16-1-7-19(8-2-16)46-22-13-23(47-20-9-3-17(4-10-20)26(42-43-26)29(34,35)36)15-24(14-22)48-21-11-5-18(6-12-21)27(44-45-27)30(37,38)39/h1-15H. The van der Waals surface area contributed by atoms with Gasteiger partial charge in [0.15, 0.2) is 0 Å². The minimum Gasteiger partial charge on any atom is -0.457 e. The van der Waals surface area contributed by atoms with Gasteiger partial charge in [-0.15, -0.1) is 30.7 Å². The fourth-order valence-electron chi connectivity index (χ4n) is 4.72. The Morgan fingerprint density at radius 1 is 0.333 bits per heavy atom. The SMILES string of the molecule is FC(F)(F)C1(c2ccc(Oc3cc(Oc4ccc(C5(C(F)(F)F)N=N5)cc4)cc(Oc4ccc(C5(C(F)(F)F)N=N5)cc4)c3)cc2)N=N1. The first-order chi connectivity index (χ1) is 22.5. The molecular formula is C30H15F9N6O3. The molecule has 0 saturated carbocycles. The Kier molecular flexibility index (Phi) is 6.62. The molecule has 0 N–H and O–H groups in total. The number of hydrogen-bond acceptors (Lipinski definition) is 9. The fraction of sp³-hybridized carbons (Fsp3) is 0.200. The average Bonchev–Trinajstić information content (AvgIpc) is 3.87. The zero-order valence-electron chi connectivity index (χ0n) is 23.5. The molecule has 0 fully saturated rings. The minimum absolute atomic E-state index is 0.0491. The fourth-order valence-corrected chi connectivity index (χ4v) is 4.72. The van der Waals surface area contributed by atoms with Crippen molar-refractivity contribution in [3.63, 3.8) is 0 Å². The van der Waals surface area contributed by atoms with Crippen LogP contribution in [-0.4, -0.2) is 18.5 Å². The van der Waals surface area contributed by atoms with E-state index in [2.05, 4.69) is 30.7 Å². The highest BCUT2D eigenvalue weighted by Crippen LogP contribution is 2.54. The maximum absolute atomic E-state index is 13.4. The van der Waals surface area contributed by atoms with Gasteiger partial charge >= 0.3 is 35.5 Å². The molecule has 3 aliphatic heterocycles. The van der Waals surface area contributed by atoms with Gasteiger partial charge in [-0.1, -0.05) is 36.4 Å². The maximum Gasteiger partial charge on any atom is 0.442 e. The molecule has 0 atom stereocenters. The number of benzene rings is 4. The van der Waals surface area contributed by atoms with E-state index in [4.69, 9.17) is 14.2 Å². The lowest BCUT2D eigenvalue weighted by molar-refractivity contribution is -0.166. The van der Waals surface area contributed by atoms with Gasteiger partial charge < -0.3 is 14.2 Å². The topological polar surface area (TPSA) is 102 Å². The molecule has 0 bridgehead atoms. The van der Waals surface area contributed by atoms with E-state index in [9.17, 15) is 39.5 Å². The van der Waals surface area contributed by atoms with Gasteiger partial charge in [-0.2, -0.15) is 39.5 Å². The zero-order chi connectivity index (χ0) is 34.2. The van der Waals surface area contributed by atoms with E-state index < -0.39 is 35.5 Å². The van der Waals surface area contributed by atoms with Crippen molar-refractivity contribution in [2.45, 2.75) is 35.5 Å². The molecule has 3 heterocycles. The molecule has 0 amide bonds. The normalized spacial score (nSPS) is 17.9. The number of nitrogens with zero attached hydrogens (tertiary/aromatic N) is 6. The number of halogens is 9. The molecule has 7 rings (SSSR count). The summed E-state index contributed by atoms with van der Waals surface area (Å²) in [4.78, 5) is 0. The lowest BCUT2D eigenvalue weighted by atomic mass is 10.0. The molecule has 0 spiro atoms. The van der Waals surface area contributed by atoms with Gasteiger partial charge in [0.25, 0.3) is 0 Å². The summed E-state index contributed by atoms with van der Waals surface area (Å²) in [6.07, 6.45) is -14.2. The van der Waals surface area contributed by atoms with E-state index in [-0.39, 0.29) is 51.2 Å². The highest BCUT2D eigenvalue weighted by Gasteiger charge is 2.66. The van der Waals surface area contributed by atoms with Crippen LogP contribution in [0.15, 0.2) is 122 Å². The third-order valence-electron chi connectivity index (χ3n) is 7.42. The van der Waals surface area contributed by atoms with E-state index >= 15 is 0 Å². The van der Waals surface area contributed by atoms with Crippen molar-refractivity contribution < 1.29 is 53.7 Å². The van der Waals surface area contributed by atoms with Gasteiger partial charge in [0.05, 0.1) is 0 Å². The van der Waals surface area contributed by atoms with Gasteiger partial charge in [-0.3, -0.25) is 0 Å². The summed E-state index contributed by atoms with van der Waals surface area (Å²) < 4.78 is 138. The summed E-state index contributed by atoms with van der Waals surface area (Å²) in [5.41, 5.74) is -8.58. The molecule has 9 nitrogen and oxygen atoms in total. The second kappa shape index (κ2) is 10.2. The van der Waals surface area contributed by atoms with Gasteiger partial charge in [-0.05, 0) is 36.4 Å². The quantitative estimate of drug-likeness (QED) is 0.165. The van der Waals surface area contributed by atoms with Crippen LogP contribution in [0.5, 0.6) is 34.5 Å². The highest BCUT2D eigenvalue weighted by atomic mass is 19.4. The third-order valence-corrected chi connectivity index (χ3v) is 7.42. The second-order valence-electron chi connectivity index (χ2n) is 10.6. The molecule has 0 aromatic heterocycles. The summed E-state index contributed by atoms with van der Waals surface area (Å²) in [6, 6.07) is 18.5. The van der Waals surface area contributed by atoms with Crippen LogP contribution in [0.25, 0.3) is 0 Å². The van der Waals surface area contributed by atoms with E-state index in [1.807, 2.05) is 0 Å². The Morgan fingerprint density at radius 2 is 0.542 bits per heavy atom. The minimum atomic E-state index is -4.73. The summed E-state index contributed by atoms with van der Waals surface area (Å²) in [7, 11) is 0. The lowest BCUT2D eigenvalue weighted by Gasteiger charge is -2.17. The van der Waals surface area contributed by atoms with Crippen LogP contribution in [0.2, 0.25) is 0 Å². The number of alkyl halides is 9. The van der Waals surface area contributed by atoms with Gasteiger partial charge in [0.2, 0.25) is 0 Å². The smallest absolute Gasteiger partial charge is 0.442 e. The van der Waals surface area contributed by atoms with E-state index in [0.717, 1.165) is 36.4 Å². The first kappa shape index (κ1) is 31.1. The zero-order valence-corrected chi connectivity index (χ0v) is 23.5. The van der Waals surface area contributed by atoms with Gasteiger partial charge in [-0.25, -0.2) is 0 Å². The summed E-state index contributed by atoms with van der Waals surface area (Å²) in [6.45, 7) is 0. The Hall–Kier alpha value is -5.55. The van der Waals surface area contributed by atoms with E-state index in [1.54, 1.807) is 0 Å². The van der Waals surface area contributed by atoms with Crippen molar-refractivity contribution in [3.8, 4) is 34.5 Å². The van der Waals surface area contributed by atoms with Crippen molar-refractivity contribution in [2.24, 2.45) is 30.7 Å². The molecule has 0 radical (unpaired) electrons. The predicted molar refractivity (Wildman–Crippen MR) is 144 cm³/mol. The largest absolute Gasteiger partial charge is 0.457 e. The van der Waals surface area contributed by atoms with Crippen LogP contribution in [0.1, 0.15) is 16.7 Å². The van der Waals surface area contributed by atoms with E-state index in [0.29, 0.717) is 0 Å². The first-order valence-electron chi connectivity index (χ1n) is 13.6. The monoisotopic (exact) mass is 678 g/mol. The highest BCUT2D eigenvalue weighted by molar-refractivity contribution is 5.48. The van der Waals surface area contributed by atoms with Crippen molar-refractivity contribution in [2.75, 3.05) is 0 Å². The van der Waals surface area contributed by atoms with Crippen LogP contribution in [0, 0.1) is 0 Å². The second-order valence-corrected chi connectivity index (χ2v) is 10.6. The van der Waals surface area contributed by atoms with E-state index in [1.165, 1.54) is 54.6 Å². The van der Waals surface area contributed by atoms with Crippen LogP contribution in [0.3, 0.4) is 0 Å². The number of hydrogen-bond donors (Lipinski definition) is 0. The predicted octanol–water partition coefficient (Wildman–Crippen LogP) is 10.6. The molecule has 3 aliphatic rings. The van der Waals surface area contributed by atoms with Crippen LogP contribution in [0.4, 0.5) is 39.5 Å². The van der Waals surface area contributed by atoms with Crippen molar-refractivity contribution in [3.05, 3.63) is 108 Å². The van der Waals surface area contributed by atoms with Crippen molar-refractivity contribution in [1.29, 1.82) is 0 Å². The van der Waals surface area contributed by atoms with Gasteiger partial charge in [0, 0.05) is 34.9 Å². The molecule has 0 aliphatic carbocycles. The van der Waals surface area contributed by atoms with Crippen LogP contribution >= 0.6 is 0 Å². The Labute approximate surface area is 262 Å². The summed E-state index contributed by atoms with van der Waals surface area (Å²) >= 11 is 0. The number of ether oxygens (including phenoxy) is 3. The maximum atomic E-state index is 13.4. The molecule has 4 aromatic carbocycles. The molecule has 4 aromatic rings. The van der Waals surface area contributed by atoms with Crippen molar-refractivity contribution >= 4 is 0 Å². The summed E-state index contributed by atoms with van der Waals surface area (Å²) in [5, 5.41) is 18.9. The molecule has 18 heteroatoms. The Morgan fingerprint density at radius 3 is 0.708 bits per heavy atom. The van der Waals surface area contributed by atoms with Crippen LogP contribution in [-0.2, 0) is 17.0 Å². The molecule has 246 valence electrons. The summed E-state index contributed by atoms with van der Waals surface area (Å²) in [5.74, 6) is 0.431. The van der Waals surface area contributed by atoms with Gasteiger partial charge in [0.1, 0.15) is 34.5 Å². The van der Waals surface area contributed by atoms with Crippen LogP contribution < -0.4 is 14.2 Å². The van der Waals surface area contributed by atoms with Crippen molar-refractivity contribution in [1.82, 2.24) is 0 Å². The first-order valence-corrected chi connectivity index (χ1v) is 13.6. The molecule has 48 heavy (non-hydrogen) atoms. The average molecular weight is 678 g/mol. The molecular weight excluding hydrogens is 663 g/mol. The molecule has 0 unspecified atom stereocenters. The Bertz CT molecular complexity index is 1720. The lowest BCUT2D eigenvalue weighted by Crippen LogP contribution is -2.29. The third kappa shape index (κ3) is 5.35.